The third-order valence-electron chi connectivity index (χ3n) is 6.21. The summed E-state index contributed by atoms with van der Waals surface area (Å²) in [5.41, 5.74) is 3.74. The minimum absolute atomic E-state index is 0.255. The zero-order valence-electron chi connectivity index (χ0n) is 17.8. The van der Waals surface area contributed by atoms with E-state index in [1.54, 1.807) is 4.31 Å². The maximum absolute atomic E-state index is 14.2. The average molecular weight is 468 g/mol. The lowest BCUT2D eigenvalue weighted by Gasteiger charge is -2.35. The number of ether oxygens (including phenoxy) is 1. The Morgan fingerprint density at radius 1 is 1.12 bits per heavy atom. The number of fused-ring (bicyclic) bond motifs is 2. The van der Waals surface area contributed by atoms with Crippen LogP contribution in [0.5, 0.6) is 0 Å². The molecule has 6 nitrogen and oxygen atoms in total. The minimum Gasteiger partial charge on any atom is -0.375 e. The summed E-state index contributed by atoms with van der Waals surface area (Å²) in [5, 5.41) is 0. The molecule has 8 heteroatoms. The predicted molar refractivity (Wildman–Crippen MR) is 126 cm³/mol. The van der Waals surface area contributed by atoms with Crippen molar-refractivity contribution in [3.8, 4) is 0 Å². The maximum Gasteiger partial charge on any atom is 0.246 e. The normalized spacial score (nSPS) is 21.9. The van der Waals surface area contributed by atoms with Crippen LogP contribution < -0.4 is 0 Å². The number of sulfonamides is 1. The molecule has 0 N–H and O–H groups in total. The first-order valence-corrected chi connectivity index (χ1v) is 12.9. The van der Waals surface area contributed by atoms with Crippen molar-refractivity contribution in [2.75, 3.05) is 6.61 Å². The van der Waals surface area contributed by atoms with Crippen molar-refractivity contribution >= 4 is 32.8 Å². The molecule has 1 aliphatic carbocycles. The molecule has 0 spiro atoms. The molecule has 2 heterocycles. The minimum atomic E-state index is -3.86. The largest absolute Gasteiger partial charge is 0.375 e. The lowest BCUT2D eigenvalue weighted by Crippen LogP contribution is -2.44. The number of benzene rings is 2. The molecule has 0 saturated heterocycles. The van der Waals surface area contributed by atoms with Gasteiger partial charge in [-0.15, -0.1) is 0 Å². The van der Waals surface area contributed by atoms with Crippen LogP contribution in [-0.4, -0.2) is 34.1 Å². The summed E-state index contributed by atoms with van der Waals surface area (Å²) in [5.74, 6) is 0.277. The van der Waals surface area contributed by atoms with E-state index in [2.05, 4.69) is 20.9 Å². The van der Waals surface area contributed by atoms with Gasteiger partial charge in [-0.05, 0) is 48.4 Å². The van der Waals surface area contributed by atoms with Crippen molar-refractivity contribution in [2.24, 2.45) is 5.92 Å². The smallest absolute Gasteiger partial charge is 0.246 e. The molecular weight excluding hydrogens is 442 g/mol. The highest BCUT2D eigenvalue weighted by atomic mass is 32.2. The fourth-order valence-electron chi connectivity index (χ4n) is 4.53. The molecule has 0 radical (unpaired) electrons. The van der Waals surface area contributed by atoms with Crippen LogP contribution in [0.3, 0.4) is 0 Å². The standard InChI is InChI=1S/C24H25N3O3S2/c1-17-11-12-22-23(26-31-25-22)24(17)32(28,29)27-14-19-9-5-6-10-20(19)15-30-16-21(27)13-18-7-3-2-4-8-18/h2-7,9-12,18,21H,8,13-16H2,1H3. The van der Waals surface area contributed by atoms with Gasteiger partial charge in [-0.1, -0.05) is 54.6 Å². The van der Waals surface area contributed by atoms with E-state index in [1.807, 2.05) is 55.5 Å². The Morgan fingerprint density at radius 3 is 2.78 bits per heavy atom. The van der Waals surface area contributed by atoms with Gasteiger partial charge in [0, 0.05) is 12.6 Å². The molecule has 2 unspecified atom stereocenters. The van der Waals surface area contributed by atoms with Gasteiger partial charge in [0.1, 0.15) is 15.9 Å². The van der Waals surface area contributed by atoms with Crippen LogP contribution in [0.25, 0.3) is 11.0 Å². The van der Waals surface area contributed by atoms with Gasteiger partial charge in [0.25, 0.3) is 0 Å². The molecule has 0 bridgehead atoms. The third-order valence-corrected chi connectivity index (χ3v) is 8.83. The van der Waals surface area contributed by atoms with E-state index in [1.165, 1.54) is 0 Å². The van der Waals surface area contributed by atoms with Crippen LogP contribution >= 0.6 is 11.7 Å². The second-order valence-corrected chi connectivity index (χ2v) is 10.7. The second-order valence-electron chi connectivity index (χ2n) is 8.38. The number of hydrogen-bond donors (Lipinski definition) is 0. The van der Waals surface area contributed by atoms with Gasteiger partial charge in [-0.2, -0.15) is 13.1 Å². The zero-order chi connectivity index (χ0) is 22.1. The van der Waals surface area contributed by atoms with Crippen molar-refractivity contribution in [1.29, 1.82) is 0 Å². The summed E-state index contributed by atoms with van der Waals surface area (Å²) in [6.07, 6.45) is 9.98. The Kier molecular flexibility index (Phi) is 5.94. The van der Waals surface area contributed by atoms with E-state index in [0.29, 0.717) is 42.8 Å². The first-order chi connectivity index (χ1) is 15.5. The van der Waals surface area contributed by atoms with Gasteiger partial charge in [0.2, 0.25) is 10.0 Å². The fraction of sp³-hybridized carbons (Fsp3) is 0.333. The molecule has 166 valence electrons. The highest BCUT2D eigenvalue weighted by molar-refractivity contribution is 7.89. The molecule has 0 amide bonds. The van der Waals surface area contributed by atoms with Crippen molar-refractivity contribution < 1.29 is 13.2 Å². The number of allylic oxidation sites excluding steroid dienone is 4. The van der Waals surface area contributed by atoms with Gasteiger partial charge in [-0.25, -0.2) is 8.42 Å². The van der Waals surface area contributed by atoms with Crippen LogP contribution in [0.4, 0.5) is 0 Å². The van der Waals surface area contributed by atoms with E-state index >= 15 is 0 Å². The number of nitrogens with zero attached hydrogens (tertiary/aromatic N) is 3. The van der Waals surface area contributed by atoms with Crippen molar-refractivity contribution in [1.82, 2.24) is 13.1 Å². The highest BCUT2D eigenvalue weighted by Crippen LogP contribution is 2.33. The van der Waals surface area contributed by atoms with Crippen molar-refractivity contribution in [3.63, 3.8) is 0 Å². The number of aromatic nitrogens is 2. The Labute approximate surface area is 192 Å². The maximum atomic E-state index is 14.2. The van der Waals surface area contributed by atoms with Crippen LogP contribution in [0.15, 0.2) is 65.6 Å². The lowest BCUT2D eigenvalue weighted by atomic mass is 9.93. The highest BCUT2D eigenvalue weighted by Gasteiger charge is 2.37. The number of rotatable bonds is 4. The first-order valence-electron chi connectivity index (χ1n) is 10.8. The SMILES string of the molecule is Cc1ccc2nsnc2c1S(=O)(=O)N1Cc2ccccc2COCC1CC1C=CC=CC1. The predicted octanol–water partition coefficient (Wildman–Crippen LogP) is 4.61. The summed E-state index contributed by atoms with van der Waals surface area (Å²) in [6, 6.07) is 11.3. The van der Waals surface area contributed by atoms with E-state index in [4.69, 9.17) is 4.74 Å². The Balaban J connectivity index is 1.61. The van der Waals surface area contributed by atoms with Gasteiger partial charge < -0.3 is 4.74 Å². The Bertz CT molecular complexity index is 1300. The quantitative estimate of drug-likeness (QED) is 0.560. The molecule has 5 rings (SSSR count). The first kappa shape index (κ1) is 21.5. The van der Waals surface area contributed by atoms with Crippen LogP contribution in [0.2, 0.25) is 0 Å². The van der Waals surface area contributed by atoms with Crippen LogP contribution in [-0.2, 0) is 27.9 Å². The monoisotopic (exact) mass is 467 g/mol. The van der Waals surface area contributed by atoms with Gasteiger partial charge in [0.05, 0.1) is 24.9 Å². The third kappa shape index (κ3) is 4.03. The topological polar surface area (TPSA) is 72.4 Å². The van der Waals surface area contributed by atoms with Crippen LogP contribution in [0, 0.1) is 12.8 Å². The summed E-state index contributed by atoms with van der Waals surface area (Å²) in [6.45, 7) is 2.98. The molecule has 3 aromatic rings. The molecule has 2 aromatic carbocycles. The summed E-state index contributed by atoms with van der Waals surface area (Å²) in [7, 11) is -3.86. The molecule has 1 aromatic heterocycles. The average Bonchev–Trinajstić information content (AvgIpc) is 3.25. The van der Waals surface area contributed by atoms with E-state index in [9.17, 15) is 8.42 Å². The van der Waals surface area contributed by atoms with Crippen LogP contribution in [0.1, 0.15) is 29.5 Å². The molecule has 32 heavy (non-hydrogen) atoms. The summed E-state index contributed by atoms with van der Waals surface area (Å²) in [4.78, 5) is 0.255. The molecule has 2 atom stereocenters. The Hall–Kier alpha value is -2.39. The molecule has 0 fully saturated rings. The van der Waals surface area contributed by atoms with E-state index in [0.717, 1.165) is 29.3 Å². The summed E-state index contributed by atoms with van der Waals surface area (Å²) >= 11 is 1.04. The molecule has 0 saturated carbocycles. The number of aryl methyl sites for hydroxylation is 1. The molecular formula is C24H25N3O3S2. The van der Waals surface area contributed by atoms with Crippen molar-refractivity contribution in [3.05, 3.63) is 77.4 Å². The zero-order valence-corrected chi connectivity index (χ0v) is 19.5. The fourth-order valence-corrected chi connectivity index (χ4v) is 7.08. The lowest BCUT2D eigenvalue weighted by molar-refractivity contribution is 0.0605. The summed E-state index contributed by atoms with van der Waals surface area (Å²) < 4.78 is 44.7. The van der Waals surface area contributed by atoms with Gasteiger partial charge in [-0.3, -0.25) is 0 Å². The van der Waals surface area contributed by atoms with Gasteiger partial charge >= 0.3 is 0 Å². The van der Waals surface area contributed by atoms with Crippen molar-refractivity contribution in [2.45, 2.75) is 43.9 Å². The Morgan fingerprint density at radius 2 is 1.97 bits per heavy atom. The van der Waals surface area contributed by atoms with E-state index < -0.39 is 10.0 Å². The van der Waals surface area contributed by atoms with Gasteiger partial charge in [0.15, 0.2) is 0 Å². The molecule has 2 aliphatic rings. The number of hydrogen-bond acceptors (Lipinski definition) is 6. The van der Waals surface area contributed by atoms with E-state index in [-0.39, 0.29) is 16.9 Å². The second kappa shape index (κ2) is 8.86. The molecule has 1 aliphatic heterocycles.